The van der Waals surface area contributed by atoms with E-state index in [1.165, 1.54) is 12.8 Å². The fourth-order valence-electron chi connectivity index (χ4n) is 2.15. The van der Waals surface area contributed by atoms with Gasteiger partial charge in [-0.25, -0.2) is 4.39 Å². The third kappa shape index (κ3) is 2.65. The first kappa shape index (κ1) is 11.2. The third-order valence-electron chi connectivity index (χ3n) is 2.81. The minimum absolute atomic E-state index is 0.160. The molecule has 0 aliphatic carbocycles. The van der Waals surface area contributed by atoms with Crippen molar-refractivity contribution in [1.29, 1.82) is 0 Å². The van der Waals surface area contributed by atoms with Gasteiger partial charge in [-0.2, -0.15) is 0 Å². The van der Waals surface area contributed by atoms with Gasteiger partial charge in [0.05, 0.1) is 0 Å². The quantitative estimate of drug-likeness (QED) is 0.844. The van der Waals surface area contributed by atoms with Gasteiger partial charge in [0.1, 0.15) is 5.82 Å². The van der Waals surface area contributed by atoms with Crippen LogP contribution in [0.4, 0.5) is 15.8 Å². The summed E-state index contributed by atoms with van der Waals surface area (Å²) >= 11 is 0. The van der Waals surface area contributed by atoms with E-state index in [4.69, 9.17) is 0 Å². The molecule has 1 aliphatic rings. The maximum Gasteiger partial charge on any atom is 0.127 e. The first-order chi connectivity index (χ1) is 7.65. The van der Waals surface area contributed by atoms with Crippen LogP contribution in [0.1, 0.15) is 26.7 Å². The summed E-state index contributed by atoms with van der Waals surface area (Å²) in [5.74, 6) is -0.160. The van der Waals surface area contributed by atoms with Crippen molar-refractivity contribution in [3.63, 3.8) is 0 Å². The topological polar surface area (TPSA) is 15.3 Å². The third-order valence-corrected chi connectivity index (χ3v) is 2.81. The summed E-state index contributed by atoms with van der Waals surface area (Å²) in [4.78, 5) is 2.24. The van der Waals surface area contributed by atoms with E-state index in [1.54, 1.807) is 12.1 Å². The van der Waals surface area contributed by atoms with Crippen LogP contribution < -0.4 is 10.2 Å². The lowest BCUT2D eigenvalue weighted by Crippen LogP contribution is -2.18. The van der Waals surface area contributed by atoms with Gasteiger partial charge in [-0.05, 0) is 44.9 Å². The maximum absolute atomic E-state index is 13.5. The molecule has 0 amide bonds. The van der Waals surface area contributed by atoms with Gasteiger partial charge in [0.15, 0.2) is 0 Å². The molecule has 2 rings (SSSR count). The highest BCUT2D eigenvalue weighted by molar-refractivity contribution is 5.59. The van der Waals surface area contributed by atoms with Crippen molar-refractivity contribution in [1.82, 2.24) is 0 Å². The molecule has 0 spiro atoms. The van der Waals surface area contributed by atoms with Gasteiger partial charge in [0, 0.05) is 30.5 Å². The van der Waals surface area contributed by atoms with Crippen LogP contribution in [0.5, 0.6) is 0 Å². The molecule has 0 atom stereocenters. The Labute approximate surface area is 96.5 Å². The Morgan fingerprint density at radius 1 is 1.19 bits per heavy atom. The Kier molecular flexibility index (Phi) is 3.32. The molecule has 2 nitrogen and oxygen atoms in total. The molecule has 0 aromatic heterocycles. The Balaban J connectivity index is 2.20. The summed E-state index contributed by atoms with van der Waals surface area (Å²) in [6.07, 6.45) is 2.42. The first-order valence-electron chi connectivity index (χ1n) is 5.97. The highest BCUT2D eigenvalue weighted by atomic mass is 19.1. The molecule has 0 saturated carbocycles. The summed E-state index contributed by atoms with van der Waals surface area (Å²) in [5, 5.41) is 3.24. The monoisotopic (exact) mass is 222 g/mol. The summed E-state index contributed by atoms with van der Waals surface area (Å²) in [6, 6.07) is 5.54. The van der Waals surface area contributed by atoms with Crippen molar-refractivity contribution >= 4 is 11.4 Å². The average Bonchev–Trinajstić information content (AvgIpc) is 2.67. The fourth-order valence-corrected chi connectivity index (χ4v) is 2.15. The van der Waals surface area contributed by atoms with Crippen LogP contribution in [0, 0.1) is 5.82 Å². The molecule has 1 aliphatic heterocycles. The van der Waals surface area contributed by atoms with Crippen molar-refractivity contribution in [2.24, 2.45) is 0 Å². The van der Waals surface area contributed by atoms with E-state index in [9.17, 15) is 4.39 Å². The summed E-state index contributed by atoms with van der Waals surface area (Å²) in [6.45, 7) is 6.20. The van der Waals surface area contributed by atoms with Crippen LogP contribution in [0.25, 0.3) is 0 Å². The lowest BCUT2D eigenvalue weighted by atomic mass is 10.2. The van der Waals surface area contributed by atoms with Crippen molar-refractivity contribution in [3.8, 4) is 0 Å². The van der Waals surface area contributed by atoms with Crippen molar-refractivity contribution < 1.29 is 4.39 Å². The lowest BCUT2D eigenvalue weighted by Gasteiger charge is -2.19. The number of nitrogens with zero attached hydrogens (tertiary/aromatic N) is 1. The normalized spacial score (nSPS) is 15.9. The molecule has 1 N–H and O–H groups in total. The number of nitrogens with one attached hydrogen (secondary N) is 1. The summed E-state index contributed by atoms with van der Waals surface area (Å²) in [7, 11) is 0. The van der Waals surface area contributed by atoms with Crippen molar-refractivity contribution in [2.45, 2.75) is 32.7 Å². The minimum atomic E-state index is -0.160. The number of benzene rings is 1. The van der Waals surface area contributed by atoms with E-state index >= 15 is 0 Å². The second-order valence-corrected chi connectivity index (χ2v) is 4.69. The van der Waals surface area contributed by atoms with Crippen LogP contribution in [-0.2, 0) is 0 Å². The second-order valence-electron chi connectivity index (χ2n) is 4.69. The predicted molar refractivity (Wildman–Crippen MR) is 66.6 cm³/mol. The molecular formula is C13H19FN2. The first-order valence-corrected chi connectivity index (χ1v) is 5.97. The number of rotatable bonds is 3. The molecule has 0 unspecified atom stereocenters. The van der Waals surface area contributed by atoms with E-state index in [1.807, 2.05) is 6.07 Å². The van der Waals surface area contributed by atoms with Gasteiger partial charge in [-0.1, -0.05) is 0 Å². The van der Waals surface area contributed by atoms with Crippen molar-refractivity contribution in [2.75, 3.05) is 23.3 Å². The maximum atomic E-state index is 13.5. The molecular weight excluding hydrogens is 203 g/mol. The van der Waals surface area contributed by atoms with Crippen LogP contribution >= 0.6 is 0 Å². The standard InChI is InChI=1S/C13H19FN2/c1-10(2)15-12-7-11(14)8-13(9-12)16-5-3-4-6-16/h7-10,15H,3-6H2,1-2H3. The molecule has 88 valence electrons. The minimum Gasteiger partial charge on any atom is -0.383 e. The molecule has 3 heteroatoms. The molecule has 1 aromatic rings. The van der Waals surface area contributed by atoms with Gasteiger partial charge in [-0.3, -0.25) is 0 Å². The predicted octanol–water partition coefficient (Wildman–Crippen LogP) is 3.25. The molecule has 1 heterocycles. The van der Waals surface area contributed by atoms with Gasteiger partial charge in [0.25, 0.3) is 0 Å². The van der Waals surface area contributed by atoms with E-state index in [2.05, 4.69) is 24.1 Å². The average molecular weight is 222 g/mol. The van der Waals surface area contributed by atoms with Crippen LogP contribution in [0.3, 0.4) is 0 Å². The van der Waals surface area contributed by atoms with Gasteiger partial charge in [-0.15, -0.1) is 0 Å². The number of anilines is 2. The molecule has 0 radical (unpaired) electrons. The summed E-state index contributed by atoms with van der Waals surface area (Å²) in [5.41, 5.74) is 1.87. The Bertz CT molecular complexity index is 357. The highest BCUT2D eigenvalue weighted by Crippen LogP contribution is 2.25. The van der Waals surface area contributed by atoms with Crippen LogP contribution in [0.2, 0.25) is 0 Å². The highest BCUT2D eigenvalue weighted by Gasteiger charge is 2.13. The zero-order valence-electron chi connectivity index (χ0n) is 9.96. The molecule has 1 fully saturated rings. The SMILES string of the molecule is CC(C)Nc1cc(F)cc(N2CCCC2)c1. The van der Waals surface area contributed by atoms with Gasteiger partial charge >= 0.3 is 0 Å². The number of hydrogen-bond donors (Lipinski definition) is 1. The largest absolute Gasteiger partial charge is 0.383 e. The summed E-state index contributed by atoms with van der Waals surface area (Å²) < 4.78 is 13.5. The molecule has 1 aromatic carbocycles. The van der Waals surface area contributed by atoms with E-state index in [0.717, 1.165) is 24.5 Å². The lowest BCUT2D eigenvalue weighted by molar-refractivity contribution is 0.627. The van der Waals surface area contributed by atoms with Gasteiger partial charge in [0.2, 0.25) is 0 Å². The fraction of sp³-hybridized carbons (Fsp3) is 0.538. The molecule has 16 heavy (non-hydrogen) atoms. The van der Waals surface area contributed by atoms with Crippen LogP contribution in [-0.4, -0.2) is 19.1 Å². The Morgan fingerprint density at radius 3 is 2.50 bits per heavy atom. The van der Waals surface area contributed by atoms with E-state index < -0.39 is 0 Å². The van der Waals surface area contributed by atoms with Gasteiger partial charge < -0.3 is 10.2 Å². The Morgan fingerprint density at radius 2 is 1.88 bits per heavy atom. The smallest absolute Gasteiger partial charge is 0.127 e. The van der Waals surface area contributed by atoms with E-state index in [0.29, 0.717) is 6.04 Å². The second kappa shape index (κ2) is 4.73. The van der Waals surface area contributed by atoms with E-state index in [-0.39, 0.29) is 5.82 Å². The number of halogens is 1. The Hall–Kier alpha value is -1.25. The zero-order chi connectivity index (χ0) is 11.5. The zero-order valence-corrected chi connectivity index (χ0v) is 9.96. The van der Waals surface area contributed by atoms with Crippen LogP contribution in [0.15, 0.2) is 18.2 Å². The molecule has 0 bridgehead atoms. The number of hydrogen-bond acceptors (Lipinski definition) is 2. The van der Waals surface area contributed by atoms with Crippen molar-refractivity contribution in [3.05, 3.63) is 24.0 Å². The molecule has 1 saturated heterocycles.